The third-order valence-corrected chi connectivity index (χ3v) is 4.98. The molecule has 0 saturated carbocycles. The first-order valence-corrected chi connectivity index (χ1v) is 8.64. The van der Waals surface area contributed by atoms with Gasteiger partial charge >= 0.3 is 6.18 Å². The number of hydrogen-bond donors (Lipinski definition) is 0. The van der Waals surface area contributed by atoms with Crippen LogP contribution in [0.25, 0.3) is 0 Å². The molecule has 1 aliphatic rings. The summed E-state index contributed by atoms with van der Waals surface area (Å²) in [6, 6.07) is 2.82. The average Bonchev–Trinajstić information content (AvgIpc) is 2.99. The van der Waals surface area contributed by atoms with Crippen molar-refractivity contribution in [2.24, 2.45) is 0 Å². The van der Waals surface area contributed by atoms with E-state index in [4.69, 9.17) is 0 Å². The zero-order valence-corrected chi connectivity index (χ0v) is 14.6. The molecule has 1 aliphatic heterocycles. The molecule has 0 atom stereocenters. The number of aromatic nitrogens is 2. The monoisotopic (exact) mass is 370 g/mol. The standard InChI is InChI=1S/C16H17F3N4OS/c1-10-7-12(25-9-10)15(24)23-5-3-22(4-6-23)14-8-13(16(17,18)19)20-11(2)21-14/h7-9H,3-6H2,1-2H3. The molecule has 25 heavy (non-hydrogen) atoms. The average molecular weight is 370 g/mol. The molecule has 0 aliphatic carbocycles. The lowest BCUT2D eigenvalue weighted by Gasteiger charge is -2.35. The van der Waals surface area contributed by atoms with E-state index >= 15 is 0 Å². The molecule has 9 heteroatoms. The van der Waals surface area contributed by atoms with Gasteiger partial charge in [-0.2, -0.15) is 13.2 Å². The molecule has 1 saturated heterocycles. The Balaban J connectivity index is 1.70. The normalized spacial score (nSPS) is 15.6. The number of thiophene rings is 1. The highest BCUT2D eigenvalue weighted by Crippen LogP contribution is 2.30. The smallest absolute Gasteiger partial charge is 0.353 e. The van der Waals surface area contributed by atoms with Gasteiger partial charge in [0.25, 0.3) is 5.91 Å². The van der Waals surface area contributed by atoms with Crippen LogP contribution in [0.5, 0.6) is 0 Å². The quantitative estimate of drug-likeness (QED) is 0.815. The number of rotatable bonds is 2. The van der Waals surface area contributed by atoms with E-state index < -0.39 is 11.9 Å². The Labute approximate surface area is 147 Å². The maximum Gasteiger partial charge on any atom is 0.433 e. The first-order valence-electron chi connectivity index (χ1n) is 7.76. The molecule has 0 N–H and O–H groups in total. The van der Waals surface area contributed by atoms with E-state index in [1.807, 2.05) is 18.4 Å². The van der Waals surface area contributed by atoms with Crippen LogP contribution < -0.4 is 4.90 Å². The minimum absolute atomic E-state index is 0.0346. The van der Waals surface area contributed by atoms with Crippen LogP contribution in [0.4, 0.5) is 19.0 Å². The second-order valence-electron chi connectivity index (χ2n) is 5.92. The third-order valence-electron chi connectivity index (χ3n) is 3.95. The van der Waals surface area contributed by atoms with Crippen LogP contribution in [0.1, 0.15) is 26.8 Å². The maximum atomic E-state index is 12.9. The predicted octanol–water partition coefficient (Wildman–Crippen LogP) is 3.14. The number of halogens is 3. The highest BCUT2D eigenvalue weighted by molar-refractivity contribution is 7.12. The zero-order chi connectivity index (χ0) is 18.2. The fourth-order valence-corrected chi connectivity index (χ4v) is 3.56. The van der Waals surface area contributed by atoms with E-state index in [1.165, 1.54) is 18.3 Å². The van der Waals surface area contributed by atoms with Crippen LogP contribution in [0, 0.1) is 13.8 Å². The van der Waals surface area contributed by atoms with Gasteiger partial charge in [-0.1, -0.05) is 0 Å². The first kappa shape index (κ1) is 17.7. The van der Waals surface area contributed by atoms with E-state index in [0.717, 1.165) is 11.6 Å². The zero-order valence-electron chi connectivity index (χ0n) is 13.8. The number of anilines is 1. The molecule has 3 rings (SSSR count). The van der Waals surface area contributed by atoms with E-state index in [2.05, 4.69) is 9.97 Å². The second-order valence-corrected chi connectivity index (χ2v) is 6.84. The Hall–Kier alpha value is -2.16. The molecule has 3 heterocycles. The summed E-state index contributed by atoms with van der Waals surface area (Å²) in [6.07, 6.45) is -4.50. The molecular weight excluding hydrogens is 353 g/mol. The predicted molar refractivity (Wildman–Crippen MR) is 88.9 cm³/mol. The van der Waals surface area contributed by atoms with Crippen molar-refractivity contribution in [3.05, 3.63) is 39.5 Å². The summed E-state index contributed by atoms with van der Waals surface area (Å²) in [6.45, 7) is 5.13. The Kier molecular flexibility index (Phi) is 4.68. The lowest BCUT2D eigenvalue weighted by molar-refractivity contribution is -0.141. The summed E-state index contributed by atoms with van der Waals surface area (Å²) in [5.74, 6) is 0.295. The van der Waals surface area contributed by atoms with Gasteiger partial charge in [0.1, 0.15) is 17.3 Å². The number of nitrogens with zero attached hydrogens (tertiary/aromatic N) is 4. The highest BCUT2D eigenvalue weighted by Gasteiger charge is 2.34. The number of amides is 1. The summed E-state index contributed by atoms with van der Waals surface area (Å²) in [4.78, 5) is 24.2. The number of hydrogen-bond acceptors (Lipinski definition) is 5. The van der Waals surface area contributed by atoms with Crippen molar-refractivity contribution in [3.63, 3.8) is 0 Å². The van der Waals surface area contributed by atoms with Crippen LogP contribution in [0.2, 0.25) is 0 Å². The van der Waals surface area contributed by atoms with E-state index in [-0.39, 0.29) is 17.5 Å². The summed E-state index contributed by atoms with van der Waals surface area (Å²) in [5, 5.41) is 1.92. The Morgan fingerprint density at radius 1 is 1.12 bits per heavy atom. The van der Waals surface area contributed by atoms with Crippen LogP contribution >= 0.6 is 11.3 Å². The number of carbonyl (C=O) groups is 1. The van der Waals surface area contributed by atoms with Crippen LogP contribution in [-0.4, -0.2) is 47.0 Å². The molecule has 0 radical (unpaired) electrons. The van der Waals surface area contributed by atoms with Crippen molar-refractivity contribution >= 4 is 23.1 Å². The summed E-state index contributed by atoms with van der Waals surface area (Å²) in [7, 11) is 0. The number of piperazine rings is 1. The minimum Gasteiger partial charge on any atom is -0.353 e. The van der Waals surface area contributed by atoms with Crippen molar-refractivity contribution in [1.29, 1.82) is 0 Å². The van der Waals surface area contributed by atoms with E-state index in [1.54, 1.807) is 9.80 Å². The highest BCUT2D eigenvalue weighted by atomic mass is 32.1. The molecule has 0 bridgehead atoms. The van der Waals surface area contributed by atoms with Crippen molar-refractivity contribution in [2.75, 3.05) is 31.1 Å². The second kappa shape index (κ2) is 6.62. The molecule has 1 fully saturated rings. The van der Waals surface area contributed by atoms with Crippen molar-refractivity contribution < 1.29 is 18.0 Å². The van der Waals surface area contributed by atoms with Crippen molar-refractivity contribution in [1.82, 2.24) is 14.9 Å². The fourth-order valence-electron chi connectivity index (χ4n) is 2.70. The Morgan fingerprint density at radius 2 is 1.80 bits per heavy atom. The lowest BCUT2D eigenvalue weighted by atomic mass is 10.2. The minimum atomic E-state index is -4.50. The van der Waals surface area contributed by atoms with Gasteiger partial charge in [-0.3, -0.25) is 4.79 Å². The van der Waals surface area contributed by atoms with Crippen LogP contribution in [0.15, 0.2) is 17.5 Å². The molecular formula is C16H17F3N4OS. The summed E-state index contributed by atoms with van der Waals surface area (Å²) in [5.41, 5.74) is 0.102. The lowest BCUT2D eigenvalue weighted by Crippen LogP contribution is -2.49. The summed E-state index contributed by atoms with van der Waals surface area (Å²) >= 11 is 1.40. The van der Waals surface area contributed by atoms with Crippen LogP contribution in [-0.2, 0) is 6.18 Å². The molecule has 1 amide bonds. The van der Waals surface area contributed by atoms with Gasteiger partial charge in [-0.05, 0) is 30.9 Å². The van der Waals surface area contributed by atoms with Crippen LogP contribution in [0.3, 0.4) is 0 Å². The largest absolute Gasteiger partial charge is 0.433 e. The first-order chi connectivity index (χ1) is 11.7. The van der Waals surface area contributed by atoms with E-state index in [9.17, 15) is 18.0 Å². The number of alkyl halides is 3. The van der Waals surface area contributed by atoms with Gasteiger partial charge in [-0.25, -0.2) is 9.97 Å². The van der Waals surface area contributed by atoms with Gasteiger partial charge in [-0.15, -0.1) is 11.3 Å². The van der Waals surface area contributed by atoms with Gasteiger partial charge < -0.3 is 9.80 Å². The maximum absolute atomic E-state index is 12.9. The fraction of sp³-hybridized carbons (Fsp3) is 0.438. The van der Waals surface area contributed by atoms with Gasteiger partial charge in [0, 0.05) is 32.2 Å². The SMILES string of the molecule is Cc1csc(C(=O)N2CCN(c3cc(C(F)(F)F)nc(C)n3)CC2)c1. The number of carbonyl (C=O) groups excluding carboxylic acids is 1. The van der Waals surface area contributed by atoms with Gasteiger partial charge in [0.2, 0.25) is 0 Å². The number of aryl methyl sites for hydroxylation is 2. The molecule has 134 valence electrons. The Morgan fingerprint density at radius 3 is 2.36 bits per heavy atom. The van der Waals surface area contributed by atoms with Crippen molar-refractivity contribution in [3.8, 4) is 0 Å². The van der Waals surface area contributed by atoms with Gasteiger partial charge in [0.05, 0.1) is 4.88 Å². The molecule has 2 aromatic heterocycles. The molecule has 2 aromatic rings. The Bertz CT molecular complexity index is 782. The third kappa shape index (κ3) is 3.92. The molecule has 5 nitrogen and oxygen atoms in total. The summed E-state index contributed by atoms with van der Waals surface area (Å²) < 4.78 is 38.7. The molecule has 0 spiro atoms. The molecule has 0 unspecified atom stereocenters. The van der Waals surface area contributed by atoms with E-state index in [0.29, 0.717) is 31.1 Å². The van der Waals surface area contributed by atoms with Gasteiger partial charge in [0.15, 0.2) is 0 Å². The van der Waals surface area contributed by atoms with Crippen molar-refractivity contribution in [2.45, 2.75) is 20.0 Å². The topological polar surface area (TPSA) is 49.3 Å². The molecule has 0 aromatic carbocycles.